The molecule has 0 aliphatic heterocycles. The Labute approximate surface area is 250 Å². The van der Waals surface area contributed by atoms with Crippen molar-refractivity contribution in [3.63, 3.8) is 0 Å². The molecule has 2 N–H and O–H groups in total. The van der Waals surface area contributed by atoms with Gasteiger partial charge in [-0.3, -0.25) is 9.35 Å². The van der Waals surface area contributed by atoms with Crippen LogP contribution in [0.2, 0.25) is 10.0 Å². The Balaban J connectivity index is 0.00000400. The van der Waals surface area contributed by atoms with Crippen molar-refractivity contribution in [3.8, 4) is 11.5 Å². The molecule has 0 fully saturated rings. The Morgan fingerprint density at radius 3 is 2.45 bits per heavy atom. The van der Waals surface area contributed by atoms with Gasteiger partial charge in [0.25, 0.3) is 16.0 Å². The summed E-state index contributed by atoms with van der Waals surface area (Å²) < 4.78 is 38.0. The second kappa shape index (κ2) is 12.0. The number of azo groups is 1. The zero-order valence-corrected chi connectivity index (χ0v) is 24.6. The van der Waals surface area contributed by atoms with Gasteiger partial charge >= 0.3 is 29.6 Å². The molecule has 0 saturated heterocycles. The van der Waals surface area contributed by atoms with Crippen LogP contribution in [0.5, 0.6) is 11.5 Å². The minimum Gasteiger partial charge on any atom is -0.870 e. The van der Waals surface area contributed by atoms with Crippen LogP contribution in [0.4, 0.5) is 17.1 Å². The van der Waals surface area contributed by atoms with Crippen molar-refractivity contribution < 1.29 is 57.2 Å². The van der Waals surface area contributed by atoms with Crippen molar-refractivity contribution in [2.24, 2.45) is 10.2 Å². The average Bonchev–Trinajstić information content (AvgIpc) is 2.84. The molecule has 0 bridgehead atoms. The molecule has 0 spiro atoms. The van der Waals surface area contributed by atoms with E-state index in [1.807, 2.05) is 0 Å². The number of nitrogens with one attached hydrogen (secondary N) is 1. The van der Waals surface area contributed by atoms with E-state index in [0.29, 0.717) is 16.5 Å². The fourth-order valence-electron chi connectivity index (χ4n) is 3.63. The number of methoxy groups -OCH3 is 1. The van der Waals surface area contributed by atoms with Gasteiger partial charge in [-0.1, -0.05) is 59.3 Å². The van der Waals surface area contributed by atoms with E-state index < -0.39 is 26.7 Å². The molecule has 0 unspecified atom stereocenters. The van der Waals surface area contributed by atoms with Crippen LogP contribution in [0.3, 0.4) is 0 Å². The van der Waals surface area contributed by atoms with E-state index in [9.17, 15) is 22.9 Å². The number of hydrogen-bond acceptors (Lipinski definition) is 7. The zero-order valence-electron chi connectivity index (χ0n) is 20.3. The maximum absolute atomic E-state index is 13.4. The maximum Gasteiger partial charge on any atom is 1.00 e. The molecule has 0 aliphatic carbocycles. The van der Waals surface area contributed by atoms with E-state index in [4.69, 9.17) is 27.9 Å². The molecule has 38 heavy (non-hydrogen) atoms. The Kier molecular flexibility index (Phi) is 9.43. The number of halogens is 2. The molecule has 4 aromatic carbocycles. The van der Waals surface area contributed by atoms with Crippen LogP contribution >= 0.6 is 23.2 Å². The Hall–Kier alpha value is -2.70. The smallest absolute Gasteiger partial charge is 0.870 e. The molecule has 1 amide bonds. The molecule has 13 heteroatoms. The minimum atomic E-state index is -4.55. The summed E-state index contributed by atoms with van der Waals surface area (Å²) in [6.07, 6.45) is 0. The van der Waals surface area contributed by atoms with E-state index in [0.717, 1.165) is 6.07 Å². The third-order valence-corrected chi connectivity index (χ3v) is 7.12. The fourth-order valence-corrected chi connectivity index (χ4v) is 4.87. The third-order valence-electron chi connectivity index (χ3n) is 5.43. The monoisotopic (exact) mass is 581 g/mol. The number of ether oxygens (including phenoxy) is 1. The summed E-state index contributed by atoms with van der Waals surface area (Å²) in [5, 5.41) is 25.1. The molecule has 4 aromatic rings. The Morgan fingerprint density at radius 1 is 1.05 bits per heavy atom. The van der Waals surface area contributed by atoms with Crippen LogP contribution in [0.1, 0.15) is 15.9 Å². The first kappa shape index (κ1) is 29.9. The number of benzene rings is 4. The molecule has 9 nitrogen and oxygen atoms in total. The number of nitrogens with zero attached hydrogens (tertiary/aromatic N) is 2. The summed E-state index contributed by atoms with van der Waals surface area (Å²) in [5.41, 5.74) is -0.0335. The Morgan fingerprint density at radius 2 is 1.76 bits per heavy atom. The molecular weight excluding hydrogens is 564 g/mol. The number of hydrogen-bond donors (Lipinski definition) is 2. The normalized spacial score (nSPS) is 11.4. The number of amides is 1. The maximum atomic E-state index is 13.4. The molecule has 0 aliphatic rings. The van der Waals surface area contributed by atoms with Crippen LogP contribution in [0, 0.1) is 6.92 Å². The van der Waals surface area contributed by atoms with Gasteiger partial charge in [-0.2, -0.15) is 13.5 Å². The van der Waals surface area contributed by atoms with Crippen LogP contribution < -0.4 is 44.7 Å². The van der Waals surface area contributed by atoms with Crippen LogP contribution in [0.25, 0.3) is 10.8 Å². The summed E-state index contributed by atoms with van der Waals surface area (Å²) in [5.74, 6) is -1.12. The first-order valence-electron chi connectivity index (χ1n) is 10.6. The Bertz CT molecular complexity index is 1700. The molecule has 4 rings (SSSR count). The number of anilines is 1. The van der Waals surface area contributed by atoms with Crippen molar-refractivity contribution in [2.45, 2.75) is 11.8 Å². The first-order valence-corrected chi connectivity index (χ1v) is 12.8. The molecule has 0 atom stereocenters. The molecule has 0 aromatic heterocycles. The topological polar surface area (TPSA) is 140 Å². The van der Waals surface area contributed by atoms with Crippen LogP contribution in [0.15, 0.2) is 75.8 Å². The molecule has 0 heterocycles. The molecular formula is C25H18Cl2N3NaO6S. The molecule has 0 saturated carbocycles. The zero-order chi connectivity index (χ0) is 26.9. The summed E-state index contributed by atoms with van der Waals surface area (Å²) in [7, 11) is -3.12. The molecule has 0 radical (unpaired) electrons. The minimum absolute atomic E-state index is 0. The van der Waals surface area contributed by atoms with E-state index >= 15 is 0 Å². The van der Waals surface area contributed by atoms with Gasteiger partial charge < -0.3 is 15.2 Å². The quantitative estimate of drug-likeness (QED) is 0.203. The second-order valence-corrected chi connectivity index (χ2v) is 10.0. The predicted molar refractivity (Wildman–Crippen MR) is 140 cm³/mol. The van der Waals surface area contributed by atoms with Crippen molar-refractivity contribution in [2.75, 3.05) is 12.4 Å². The largest absolute Gasteiger partial charge is 1.00 e. The third kappa shape index (κ3) is 6.13. The van der Waals surface area contributed by atoms with Gasteiger partial charge in [0.1, 0.15) is 16.5 Å². The van der Waals surface area contributed by atoms with Crippen molar-refractivity contribution in [1.29, 1.82) is 0 Å². The van der Waals surface area contributed by atoms with Gasteiger partial charge in [-0.15, -0.1) is 5.11 Å². The van der Waals surface area contributed by atoms with Crippen molar-refractivity contribution in [1.82, 2.24) is 0 Å². The van der Waals surface area contributed by atoms with Gasteiger partial charge in [0.15, 0.2) is 0 Å². The molecule has 190 valence electrons. The van der Waals surface area contributed by atoms with Crippen molar-refractivity contribution in [3.05, 3.63) is 81.8 Å². The second-order valence-electron chi connectivity index (χ2n) is 7.84. The van der Waals surface area contributed by atoms with E-state index in [1.54, 1.807) is 42.5 Å². The number of fused-ring (bicyclic) bond motifs is 1. The SMILES string of the molecule is COc1cccc(NC(=O)c2cc3ccccc3c(N=Nc3cc(S(=O)(=O)O)c(C)cc3Cl)c2[O-])c1Cl.[Na+]. The predicted octanol–water partition coefficient (Wildman–Crippen LogP) is 3.46. The van der Waals surface area contributed by atoms with Gasteiger partial charge in [0.2, 0.25) is 0 Å². The number of aryl methyl sites for hydroxylation is 1. The fraction of sp³-hybridized carbons (Fsp3) is 0.0800. The number of carbonyl (C=O) groups is 1. The van der Waals surface area contributed by atoms with Gasteiger partial charge in [-0.05, 0) is 48.2 Å². The summed E-state index contributed by atoms with van der Waals surface area (Å²) in [6, 6.07) is 15.3. The van der Waals surface area contributed by atoms with Gasteiger partial charge in [0, 0.05) is 10.9 Å². The summed E-state index contributed by atoms with van der Waals surface area (Å²) in [4.78, 5) is 12.7. The summed E-state index contributed by atoms with van der Waals surface area (Å²) in [6.45, 7) is 1.45. The van der Waals surface area contributed by atoms with Crippen LogP contribution in [-0.2, 0) is 10.1 Å². The van der Waals surface area contributed by atoms with E-state index in [-0.39, 0.29) is 67.8 Å². The van der Waals surface area contributed by atoms with Crippen LogP contribution in [-0.4, -0.2) is 26.0 Å². The number of rotatable bonds is 6. The number of carbonyl (C=O) groups excluding carboxylic acids is 1. The van der Waals surface area contributed by atoms with Gasteiger partial charge in [-0.25, -0.2) is 0 Å². The van der Waals surface area contributed by atoms with Crippen molar-refractivity contribution >= 4 is 67.1 Å². The first-order chi connectivity index (χ1) is 17.5. The standard InChI is InChI=1S/C25H19Cl2N3O6S.Na/c1-13-10-17(26)19(12-21(13)37(33,34)35)29-30-23-15-7-4-3-6-14(15)11-16(24(23)31)25(32)28-18-8-5-9-20(36-2)22(18)27;/h3-12,31H,1-2H3,(H,28,32)(H,33,34,35);/q;+1/p-1. The van der Waals surface area contributed by atoms with E-state index in [1.165, 1.54) is 26.2 Å². The summed E-state index contributed by atoms with van der Waals surface area (Å²) >= 11 is 12.5. The average molecular weight is 582 g/mol. The van der Waals surface area contributed by atoms with Gasteiger partial charge in [0.05, 0.1) is 28.4 Å². The van der Waals surface area contributed by atoms with E-state index in [2.05, 4.69) is 15.5 Å².